The number of rotatable bonds is 7. The highest BCUT2D eigenvalue weighted by molar-refractivity contribution is 5.86. The number of carboxylic acids is 1. The van der Waals surface area contributed by atoms with Gasteiger partial charge in [-0.25, -0.2) is 0 Å². The first kappa shape index (κ1) is 18.0. The summed E-state index contributed by atoms with van der Waals surface area (Å²) >= 11 is 0. The third kappa shape index (κ3) is 4.14. The van der Waals surface area contributed by atoms with E-state index in [-0.39, 0.29) is 11.8 Å². The summed E-state index contributed by atoms with van der Waals surface area (Å²) in [4.78, 5) is 25.6. The van der Waals surface area contributed by atoms with Gasteiger partial charge in [0.15, 0.2) is 0 Å². The number of aliphatic carboxylic acids is 1. The monoisotopic (exact) mass is 332 g/mol. The van der Waals surface area contributed by atoms with E-state index in [2.05, 4.69) is 5.32 Å². The first-order chi connectivity index (χ1) is 11.3. The van der Waals surface area contributed by atoms with Gasteiger partial charge in [0.05, 0.1) is 6.26 Å². The van der Waals surface area contributed by atoms with Crippen molar-refractivity contribution in [2.45, 2.75) is 32.4 Å². The Morgan fingerprint density at radius 1 is 1.25 bits per heavy atom. The summed E-state index contributed by atoms with van der Waals surface area (Å²) in [7, 11) is 3.32. The van der Waals surface area contributed by atoms with Crippen molar-refractivity contribution in [3.8, 4) is 0 Å². The Labute approximate surface area is 141 Å². The van der Waals surface area contributed by atoms with Crippen molar-refractivity contribution in [1.29, 1.82) is 0 Å². The Morgan fingerprint density at radius 3 is 2.54 bits per heavy atom. The number of amides is 1. The molecule has 2 rings (SSSR count). The number of nitrogens with one attached hydrogen (secondary N) is 1. The van der Waals surface area contributed by atoms with Crippen LogP contribution in [0.25, 0.3) is 11.0 Å². The van der Waals surface area contributed by atoms with Crippen molar-refractivity contribution in [3.63, 3.8) is 0 Å². The summed E-state index contributed by atoms with van der Waals surface area (Å²) in [6.45, 7) is 3.91. The fourth-order valence-corrected chi connectivity index (χ4v) is 2.65. The second-order valence-corrected chi connectivity index (χ2v) is 6.57. The minimum Gasteiger partial charge on any atom is -0.480 e. The molecule has 0 saturated heterocycles. The van der Waals surface area contributed by atoms with E-state index in [9.17, 15) is 14.7 Å². The lowest BCUT2D eigenvalue weighted by molar-refractivity contribution is -0.141. The molecule has 1 amide bonds. The summed E-state index contributed by atoms with van der Waals surface area (Å²) in [5.41, 5.74) is 1.45. The van der Waals surface area contributed by atoms with Gasteiger partial charge in [0, 0.05) is 19.5 Å². The largest absolute Gasteiger partial charge is 0.480 e. The lowest BCUT2D eigenvalue weighted by atomic mass is 9.99. The highest BCUT2D eigenvalue weighted by Crippen LogP contribution is 2.23. The van der Waals surface area contributed by atoms with Gasteiger partial charge in [-0.15, -0.1) is 0 Å². The molecular weight excluding hydrogens is 308 g/mol. The van der Waals surface area contributed by atoms with Gasteiger partial charge in [-0.1, -0.05) is 19.9 Å². The lowest BCUT2D eigenvalue weighted by Gasteiger charge is -2.26. The van der Waals surface area contributed by atoms with Crippen LogP contribution in [-0.2, 0) is 9.59 Å². The maximum atomic E-state index is 12.6. The van der Waals surface area contributed by atoms with Crippen LogP contribution in [0.3, 0.4) is 0 Å². The second-order valence-electron chi connectivity index (χ2n) is 6.57. The first-order valence-electron chi connectivity index (χ1n) is 7.96. The van der Waals surface area contributed by atoms with Crippen LogP contribution in [-0.4, -0.2) is 42.0 Å². The molecule has 2 atom stereocenters. The summed E-state index contributed by atoms with van der Waals surface area (Å²) < 4.78 is 5.32. The van der Waals surface area contributed by atoms with Crippen LogP contribution in [0.1, 0.15) is 31.9 Å². The minimum atomic E-state index is -0.954. The Bertz CT molecular complexity index is 721. The summed E-state index contributed by atoms with van der Waals surface area (Å²) in [5, 5.41) is 13.4. The number of fused-ring (bicyclic) bond motifs is 1. The Hall–Kier alpha value is -2.34. The summed E-state index contributed by atoms with van der Waals surface area (Å²) in [6.07, 6.45) is 2.03. The summed E-state index contributed by atoms with van der Waals surface area (Å²) in [5.74, 6) is -0.942. The average molecular weight is 332 g/mol. The molecule has 1 aromatic heterocycles. The standard InChI is InChI=1S/C18H24N2O4/c1-11(2)9-14(18(22)23)19-16(17(21)20(3)4)13-5-6-15-12(10-13)7-8-24-15/h5-8,10-11,14,16,19H,9H2,1-4H3,(H,22,23)/t14-,16+/m0/s1. The van der Waals surface area contributed by atoms with Gasteiger partial charge in [-0.2, -0.15) is 0 Å². The van der Waals surface area contributed by atoms with Gasteiger partial charge in [-0.3, -0.25) is 14.9 Å². The molecule has 2 N–H and O–H groups in total. The quantitative estimate of drug-likeness (QED) is 0.814. The van der Waals surface area contributed by atoms with E-state index in [1.165, 1.54) is 4.90 Å². The highest BCUT2D eigenvalue weighted by atomic mass is 16.4. The molecule has 6 nitrogen and oxygen atoms in total. The lowest BCUT2D eigenvalue weighted by Crippen LogP contribution is -2.45. The molecule has 0 bridgehead atoms. The fraction of sp³-hybridized carbons (Fsp3) is 0.444. The molecule has 0 aliphatic carbocycles. The normalized spacial score (nSPS) is 13.9. The van der Waals surface area contributed by atoms with Crippen molar-refractivity contribution in [1.82, 2.24) is 10.2 Å². The third-order valence-corrected chi connectivity index (χ3v) is 3.87. The molecule has 24 heavy (non-hydrogen) atoms. The predicted octanol–water partition coefficient (Wildman–Crippen LogP) is 2.65. The highest BCUT2D eigenvalue weighted by Gasteiger charge is 2.29. The minimum absolute atomic E-state index is 0.187. The Balaban J connectivity index is 2.36. The summed E-state index contributed by atoms with van der Waals surface area (Å²) in [6, 6.07) is 5.74. The number of carboxylic acid groups (broad SMARTS) is 1. The van der Waals surface area contributed by atoms with E-state index in [1.807, 2.05) is 26.0 Å². The first-order valence-corrected chi connectivity index (χ1v) is 7.96. The van der Waals surface area contributed by atoms with E-state index in [0.717, 1.165) is 16.5 Å². The van der Waals surface area contributed by atoms with E-state index in [0.29, 0.717) is 6.42 Å². The molecule has 1 heterocycles. The van der Waals surface area contributed by atoms with Crippen molar-refractivity contribution >= 4 is 22.8 Å². The van der Waals surface area contributed by atoms with Crippen LogP contribution in [0.15, 0.2) is 34.9 Å². The topological polar surface area (TPSA) is 82.8 Å². The van der Waals surface area contributed by atoms with Gasteiger partial charge in [-0.05, 0) is 36.1 Å². The van der Waals surface area contributed by atoms with Gasteiger partial charge >= 0.3 is 5.97 Å². The van der Waals surface area contributed by atoms with Crippen molar-refractivity contribution in [2.24, 2.45) is 5.92 Å². The van der Waals surface area contributed by atoms with Crippen LogP contribution in [0, 0.1) is 5.92 Å². The molecule has 2 aromatic rings. The van der Waals surface area contributed by atoms with Crippen molar-refractivity contribution in [2.75, 3.05) is 14.1 Å². The molecule has 0 fully saturated rings. The zero-order valence-electron chi connectivity index (χ0n) is 14.4. The zero-order valence-corrected chi connectivity index (χ0v) is 14.4. The number of hydrogen-bond donors (Lipinski definition) is 2. The molecule has 0 unspecified atom stereocenters. The van der Waals surface area contributed by atoms with Crippen molar-refractivity contribution < 1.29 is 19.1 Å². The number of hydrogen-bond acceptors (Lipinski definition) is 4. The van der Waals surface area contributed by atoms with E-state index < -0.39 is 18.1 Å². The number of nitrogens with zero attached hydrogens (tertiary/aromatic N) is 1. The Morgan fingerprint density at radius 2 is 1.96 bits per heavy atom. The number of carbonyl (C=O) groups excluding carboxylic acids is 1. The van der Waals surface area contributed by atoms with E-state index in [4.69, 9.17) is 4.42 Å². The molecule has 1 aromatic carbocycles. The maximum absolute atomic E-state index is 12.6. The molecule has 0 aliphatic rings. The molecule has 0 saturated carbocycles. The molecule has 0 radical (unpaired) electrons. The number of benzene rings is 1. The smallest absolute Gasteiger partial charge is 0.320 e. The second kappa shape index (κ2) is 7.49. The number of carbonyl (C=O) groups is 2. The van der Waals surface area contributed by atoms with E-state index >= 15 is 0 Å². The van der Waals surface area contributed by atoms with Crippen LogP contribution in [0.2, 0.25) is 0 Å². The van der Waals surface area contributed by atoms with Gasteiger partial charge in [0.2, 0.25) is 5.91 Å². The molecule has 130 valence electrons. The molecule has 6 heteroatoms. The van der Waals surface area contributed by atoms with E-state index in [1.54, 1.807) is 32.5 Å². The SMILES string of the molecule is CC(C)C[C@H](N[C@@H](C(=O)N(C)C)c1ccc2occc2c1)C(=O)O. The fourth-order valence-electron chi connectivity index (χ4n) is 2.65. The number of likely N-dealkylation sites (N-methyl/N-ethyl adjacent to an activating group) is 1. The van der Waals surface area contributed by atoms with Crippen LogP contribution >= 0.6 is 0 Å². The molecular formula is C18H24N2O4. The molecule has 0 spiro atoms. The zero-order chi connectivity index (χ0) is 17.9. The molecule has 0 aliphatic heterocycles. The van der Waals surface area contributed by atoms with Crippen molar-refractivity contribution in [3.05, 3.63) is 36.1 Å². The average Bonchev–Trinajstić information content (AvgIpc) is 2.97. The van der Waals surface area contributed by atoms with Crippen LogP contribution < -0.4 is 5.32 Å². The maximum Gasteiger partial charge on any atom is 0.320 e. The number of furan rings is 1. The van der Waals surface area contributed by atoms with Crippen LogP contribution in [0.4, 0.5) is 0 Å². The third-order valence-electron chi connectivity index (χ3n) is 3.87. The van der Waals surface area contributed by atoms with Gasteiger partial charge in [0.1, 0.15) is 17.7 Å². The van der Waals surface area contributed by atoms with Gasteiger partial charge in [0.25, 0.3) is 0 Å². The van der Waals surface area contributed by atoms with Crippen LogP contribution in [0.5, 0.6) is 0 Å². The predicted molar refractivity (Wildman–Crippen MR) is 91.7 cm³/mol. The Kier molecular flexibility index (Phi) is 5.62. The van der Waals surface area contributed by atoms with Gasteiger partial charge < -0.3 is 14.4 Å².